The van der Waals surface area contributed by atoms with Crippen molar-refractivity contribution in [2.24, 2.45) is 0 Å². The lowest BCUT2D eigenvalue weighted by atomic mass is 9.93. The second-order valence-electron chi connectivity index (χ2n) is 5.05. The molecule has 0 amide bonds. The molecule has 2 nitrogen and oxygen atoms in total. The third kappa shape index (κ3) is 3.35. The van der Waals surface area contributed by atoms with Gasteiger partial charge in [-0.05, 0) is 31.0 Å². The van der Waals surface area contributed by atoms with Gasteiger partial charge >= 0.3 is 0 Å². The van der Waals surface area contributed by atoms with Crippen LogP contribution in [0.15, 0.2) is 54.6 Å². The number of nitrogens with zero attached hydrogens (tertiary/aromatic N) is 1. The predicted molar refractivity (Wildman–Crippen MR) is 79.0 cm³/mol. The molecule has 2 rings (SSSR count). The summed E-state index contributed by atoms with van der Waals surface area (Å²) in [6.07, 6.45) is 0.679. The fraction of sp³-hybridized carbons (Fsp3) is 0.235. The summed E-state index contributed by atoms with van der Waals surface area (Å²) in [6.45, 7) is 3.98. The molecule has 0 aromatic heterocycles. The summed E-state index contributed by atoms with van der Waals surface area (Å²) in [5.41, 5.74) is 2.72. The Kier molecular flexibility index (Phi) is 3.87. The van der Waals surface area contributed by atoms with Crippen molar-refractivity contribution < 1.29 is 0 Å². The fourth-order valence-corrected chi connectivity index (χ4v) is 2.13. The first-order valence-electron chi connectivity index (χ1n) is 6.42. The molecule has 0 spiro atoms. The number of aryl methyl sites for hydroxylation is 1. The van der Waals surface area contributed by atoms with E-state index in [2.05, 4.69) is 23.5 Å². The number of para-hydroxylation sites is 1. The van der Waals surface area contributed by atoms with Crippen LogP contribution in [0.1, 0.15) is 18.1 Å². The molecule has 2 aromatic rings. The van der Waals surface area contributed by atoms with Crippen molar-refractivity contribution in [1.29, 1.82) is 5.26 Å². The third-order valence-corrected chi connectivity index (χ3v) is 3.20. The Labute approximate surface area is 114 Å². The zero-order valence-corrected chi connectivity index (χ0v) is 11.4. The van der Waals surface area contributed by atoms with E-state index in [-0.39, 0.29) is 0 Å². The Hall–Kier alpha value is -2.27. The van der Waals surface area contributed by atoms with E-state index in [1.54, 1.807) is 0 Å². The molecule has 0 aliphatic carbocycles. The summed E-state index contributed by atoms with van der Waals surface area (Å²) in [5, 5.41) is 12.8. The van der Waals surface area contributed by atoms with Crippen LogP contribution in [0, 0.1) is 18.3 Å². The number of nitrogens with one attached hydrogen (secondary N) is 1. The standard InChI is InChI=1S/C17H18N2/c1-14-8-6-7-11-16(14)19-17(2,13-18)12-15-9-4-3-5-10-15/h3-11,19H,12H2,1-2H3. The van der Waals surface area contributed by atoms with Crippen LogP contribution in [0.4, 0.5) is 5.69 Å². The van der Waals surface area contributed by atoms with Crippen LogP contribution in [0.2, 0.25) is 0 Å². The first kappa shape index (κ1) is 13.2. The summed E-state index contributed by atoms with van der Waals surface area (Å²) < 4.78 is 0. The molecule has 0 fully saturated rings. The maximum atomic E-state index is 9.49. The van der Waals surface area contributed by atoms with Gasteiger partial charge in [-0.1, -0.05) is 48.5 Å². The molecular weight excluding hydrogens is 232 g/mol. The van der Waals surface area contributed by atoms with Gasteiger partial charge in [0.05, 0.1) is 6.07 Å². The van der Waals surface area contributed by atoms with Crippen LogP contribution in [0.25, 0.3) is 0 Å². The van der Waals surface area contributed by atoms with Crippen LogP contribution in [0.3, 0.4) is 0 Å². The topological polar surface area (TPSA) is 35.8 Å². The zero-order chi connectivity index (χ0) is 13.7. The van der Waals surface area contributed by atoms with E-state index < -0.39 is 5.54 Å². The molecule has 0 radical (unpaired) electrons. The van der Waals surface area contributed by atoms with Crippen LogP contribution < -0.4 is 5.32 Å². The van der Waals surface area contributed by atoms with Crippen molar-refractivity contribution in [2.75, 3.05) is 5.32 Å². The Bertz CT molecular complexity index is 584. The molecule has 0 heterocycles. The highest BCUT2D eigenvalue weighted by molar-refractivity contribution is 5.53. The second-order valence-corrected chi connectivity index (χ2v) is 5.05. The quantitative estimate of drug-likeness (QED) is 0.892. The van der Waals surface area contributed by atoms with Crippen molar-refractivity contribution in [2.45, 2.75) is 25.8 Å². The summed E-state index contributed by atoms with van der Waals surface area (Å²) in [4.78, 5) is 0. The number of hydrogen-bond donors (Lipinski definition) is 1. The minimum absolute atomic E-state index is 0.604. The Morgan fingerprint density at radius 2 is 1.68 bits per heavy atom. The number of anilines is 1. The zero-order valence-electron chi connectivity index (χ0n) is 11.4. The van der Waals surface area contributed by atoms with Gasteiger partial charge in [-0.25, -0.2) is 0 Å². The average molecular weight is 250 g/mol. The number of rotatable bonds is 4. The molecule has 0 saturated carbocycles. The molecule has 0 saturated heterocycles. The van der Waals surface area contributed by atoms with E-state index in [1.165, 1.54) is 0 Å². The summed E-state index contributed by atoms with van der Waals surface area (Å²) in [6, 6.07) is 20.5. The van der Waals surface area contributed by atoms with Gasteiger partial charge in [0.25, 0.3) is 0 Å². The van der Waals surface area contributed by atoms with Crippen molar-refractivity contribution in [3.8, 4) is 6.07 Å². The van der Waals surface area contributed by atoms with Gasteiger partial charge in [0.1, 0.15) is 5.54 Å². The van der Waals surface area contributed by atoms with Crippen molar-refractivity contribution >= 4 is 5.69 Å². The van der Waals surface area contributed by atoms with Crippen LogP contribution in [-0.2, 0) is 6.42 Å². The van der Waals surface area contributed by atoms with E-state index in [0.29, 0.717) is 6.42 Å². The molecule has 1 N–H and O–H groups in total. The second kappa shape index (κ2) is 5.58. The van der Waals surface area contributed by atoms with Gasteiger partial charge in [0.15, 0.2) is 0 Å². The maximum Gasteiger partial charge on any atom is 0.126 e. The van der Waals surface area contributed by atoms with Crippen LogP contribution >= 0.6 is 0 Å². The molecule has 1 unspecified atom stereocenters. The number of nitriles is 1. The van der Waals surface area contributed by atoms with Gasteiger partial charge in [0.2, 0.25) is 0 Å². The smallest absolute Gasteiger partial charge is 0.126 e. The lowest BCUT2D eigenvalue weighted by molar-refractivity contribution is 0.645. The summed E-state index contributed by atoms with van der Waals surface area (Å²) >= 11 is 0. The molecule has 2 aromatic carbocycles. The third-order valence-electron chi connectivity index (χ3n) is 3.20. The normalized spacial score (nSPS) is 13.3. The van der Waals surface area contributed by atoms with Crippen molar-refractivity contribution in [3.05, 3.63) is 65.7 Å². The van der Waals surface area contributed by atoms with E-state index in [4.69, 9.17) is 0 Å². The lowest BCUT2D eigenvalue weighted by Crippen LogP contribution is -2.35. The van der Waals surface area contributed by atoms with E-state index in [1.807, 2.05) is 56.3 Å². The SMILES string of the molecule is Cc1ccccc1NC(C)(C#N)Cc1ccccc1. The first-order chi connectivity index (χ1) is 9.13. The monoisotopic (exact) mass is 250 g/mol. The fourth-order valence-electron chi connectivity index (χ4n) is 2.13. The van der Waals surface area contributed by atoms with Crippen LogP contribution in [0.5, 0.6) is 0 Å². The first-order valence-corrected chi connectivity index (χ1v) is 6.42. The molecule has 1 atom stereocenters. The van der Waals surface area contributed by atoms with E-state index in [9.17, 15) is 5.26 Å². The van der Waals surface area contributed by atoms with E-state index in [0.717, 1.165) is 16.8 Å². The largest absolute Gasteiger partial charge is 0.367 e. The lowest BCUT2D eigenvalue weighted by Gasteiger charge is -2.25. The summed E-state index contributed by atoms with van der Waals surface area (Å²) in [7, 11) is 0. The van der Waals surface area contributed by atoms with E-state index >= 15 is 0 Å². The van der Waals surface area contributed by atoms with Crippen molar-refractivity contribution in [1.82, 2.24) is 0 Å². The average Bonchev–Trinajstić information content (AvgIpc) is 2.42. The van der Waals surface area contributed by atoms with Crippen molar-refractivity contribution in [3.63, 3.8) is 0 Å². The molecule has 2 heteroatoms. The molecule has 0 aliphatic heterocycles. The van der Waals surface area contributed by atoms with Gasteiger partial charge in [-0.3, -0.25) is 0 Å². The highest BCUT2D eigenvalue weighted by atomic mass is 15.0. The minimum atomic E-state index is -0.604. The molecular formula is C17H18N2. The number of hydrogen-bond acceptors (Lipinski definition) is 2. The highest BCUT2D eigenvalue weighted by Gasteiger charge is 2.24. The molecule has 0 bridgehead atoms. The number of benzene rings is 2. The molecule has 96 valence electrons. The maximum absolute atomic E-state index is 9.49. The van der Waals surface area contributed by atoms with Gasteiger partial charge in [0, 0.05) is 12.1 Å². The van der Waals surface area contributed by atoms with Gasteiger partial charge in [-0.2, -0.15) is 5.26 Å². The highest BCUT2D eigenvalue weighted by Crippen LogP contribution is 2.22. The predicted octanol–water partition coefficient (Wildman–Crippen LogP) is 3.93. The van der Waals surface area contributed by atoms with Gasteiger partial charge < -0.3 is 5.32 Å². The Balaban J connectivity index is 2.20. The Morgan fingerprint density at radius 3 is 2.32 bits per heavy atom. The molecule has 0 aliphatic rings. The van der Waals surface area contributed by atoms with Gasteiger partial charge in [-0.15, -0.1) is 0 Å². The van der Waals surface area contributed by atoms with Crippen LogP contribution in [-0.4, -0.2) is 5.54 Å². The summed E-state index contributed by atoms with van der Waals surface area (Å²) in [5.74, 6) is 0. The molecule has 19 heavy (non-hydrogen) atoms. The Morgan fingerprint density at radius 1 is 1.05 bits per heavy atom. The minimum Gasteiger partial charge on any atom is -0.367 e.